The second kappa shape index (κ2) is 8.98. The van der Waals surface area contributed by atoms with Crippen molar-refractivity contribution in [2.75, 3.05) is 50.3 Å². The number of rotatable bonds is 9. The molecule has 0 aliphatic heterocycles. The number of anilines is 2. The Morgan fingerprint density at radius 2 is 2.21 bits per heavy atom. The van der Waals surface area contributed by atoms with Gasteiger partial charge in [0.05, 0.1) is 0 Å². The largest absolute Gasteiger partial charge is 0.385 e. The quantitative estimate of drug-likeness (QED) is 0.427. The molecule has 0 saturated carbocycles. The summed E-state index contributed by atoms with van der Waals surface area (Å²) in [5.41, 5.74) is 0. The first kappa shape index (κ1) is 16.0. The Morgan fingerprint density at radius 3 is 2.84 bits per heavy atom. The van der Waals surface area contributed by atoms with E-state index in [1.54, 1.807) is 18.9 Å². The van der Waals surface area contributed by atoms with Crippen LogP contribution in [0.4, 0.5) is 11.6 Å². The average Bonchev–Trinajstić information content (AvgIpc) is 2.44. The maximum absolute atomic E-state index is 5.07. The maximum atomic E-state index is 5.07. The Balaban J connectivity index is 2.74. The van der Waals surface area contributed by atoms with E-state index in [9.17, 15) is 0 Å². The summed E-state index contributed by atoms with van der Waals surface area (Å²) in [7, 11) is 3.77. The summed E-state index contributed by atoms with van der Waals surface area (Å²) < 4.78 is 5.07. The topological polar surface area (TPSA) is 50.3 Å². The molecule has 0 radical (unpaired) electrons. The van der Waals surface area contributed by atoms with Crippen LogP contribution in [0.2, 0.25) is 0 Å². The SMILES string of the molecule is CCCNc1cc(N(C)CCCOC)nc(SC)n1. The van der Waals surface area contributed by atoms with Gasteiger partial charge in [0.2, 0.25) is 0 Å². The van der Waals surface area contributed by atoms with Gasteiger partial charge in [0.25, 0.3) is 0 Å². The minimum atomic E-state index is 0.770. The zero-order valence-electron chi connectivity index (χ0n) is 12.3. The van der Waals surface area contributed by atoms with E-state index in [0.29, 0.717) is 0 Å². The van der Waals surface area contributed by atoms with Gasteiger partial charge in [-0.25, -0.2) is 9.97 Å². The van der Waals surface area contributed by atoms with Gasteiger partial charge in [-0.3, -0.25) is 0 Å². The molecule has 1 N–H and O–H groups in total. The molecule has 0 atom stereocenters. The highest BCUT2D eigenvalue weighted by Crippen LogP contribution is 2.19. The summed E-state index contributed by atoms with van der Waals surface area (Å²) in [6.45, 7) is 4.76. The van der Waals surface area contributed by atoms with Gasteiger partial charge in [0.15, 0.2) is 5.16 Å². The monoisotopic (exact) mass is 284 g/mol. The molecule has 0 unspecified atom stereocenters. The van der Waals surface area contributed by atoms with E-state index in [1.165, 1.54) is 0 Å². The predicted molar refractivity (Wildman–Crippen MR) is 82.4 cm³/mol. The fraction of sp³-hybridized carbons (Fsp3) is 0.692. The Kier molecular flexibility index (Phi) is 7.59. The first-order valence-corrected chi connectivity index (χ1v) is 7.80. The lowest BCUT2D eigenvalue weighted by Gasteiger charge is -2.19. The highest BCUT2D eigenvalue weighted by atomic mass is 32.2. The minimum absolute atomic E-state index is 0.770. The zero-order valence-corrected chi connectivity index (χ0v) is 13.1. The van der Waals surface area contributed by atoms with Gasteiger partial charge in [-0.05, 0) is 19.1 Å². The Labute approximate surface area is 120 Å². The van der Waals surface area contributed by atoms with Crippen molar-refractivity contribution in [3.63, 3.8) is 0 Å². The fourth-order valence-corrected chi connectivity index (χ4v) is 1.98. The van der Waals surface area contributed by atoms with Crippen molar-refractivity contribution in [2.24, 2.45) is 0 Å². The minimum Gasteiger partial charge on any atom is -0.385 e. The van der Waals surface area contributed by atoms with Crippen LogP contribution in [0.25, 0.3) is 0 Å². The fourth-order valence-electron chi connectivity index (χ4n) is 1.60. The standard InChI is InChI=1S/C13H24N4OS/c1-5-7-14-11-10-12(16-13(15-11)19-4)17(2)8-6-9-18-3/h10H,5-9H2,1-4H3,(H,14,15,16). The van der Waals surface area contributed by atoms with E-state index in [0.717, 1.165) is 49.3 Å². The highest BCUT2D eigenvalue weighted by Gasteiger charge is 2.07. The predicted octanol–water partition coefficient (Wildman–Crippen LogP) is 2.49. The third-order valence-corrected chi connectivity index (χ3v) is 3.21. The molecular formula is C13H24N4OS. The number of hydrogen-bond acceptors (Lipinski definition) is 6. The zero-order chi connectivity index (χ0) is 14.1. The Morgan fingerprint density at radius 1 is 1.42 bits per heavy atom. The van der Waals surface area contributed by atoms with Crippen molar-refractivity contribution in [2.45, 2.75) is 24.9 Å². The molecule has 0 saturated heterocycles. The van der Waals surface area contributed by atoms with Gasteiger partial charge < -0.3 is 15.0 Å². The first-order valence-electron chi connectivity index (χ1n) is 6.58. The van der Waals surface area contributed by atoms with Crippen molar-refractivity contribution in [3.05, 3.63) is 6.07 Å². The van der Waals surface area contributed by atoms with E-state index in [1.807, 2.05) is 19.4 Å². The molecule has 0 spiro atoms. The normalized spacial score (nSPS) is 10.5. The van der Waals surface area contributed by atoms with Crippen LogP contribution in [0.3, 0.4) is 0 Å². The molecule has 0 fully saturated rings. The molecule has 1 aromatic rings. The van der Waals surface area contributed by atoms with E-state index in [-0.39, 0.29) is 0 Å². The molecule has 19 heavy (non-hydrogen) atoms. The van der Waals surface area contributed by atoms with Crippen LogP contribution in [0.5, 0.6) is 0 Å². The van der Waals surface area contributed by atoms with Crippen molar-refractivity contribution in [1.29, 1.82) is 0 Å². The van der Waals surface area contributed by atoms with Crippen LogP contribution in [-0.2, 0) is 4.74 Å². The summed E-state index contributed by atoms with van der Waals surface area (Å²) in [4.78, 5) is 11.1. The van der Waals surface area contributed by atoms with E-state index in [4.69, 9.17) is 4.74 Å². The van der Waals surface area contributed by atoms with E-state index in [2.05, 4.69) is 27.1 Å². The summed E-state index contributed by atoms with van der Waals surface area (Å²) in [6.07, 6.45) is 4.06. The van der Waals surface area contributed by atoms with Gasteiger partial charge >= 0.3 is 0 Å². The summed E-state index contributed by atoms with van der Waals surface area (Å²) in [6, 6.07) is 2.00. The molecule has 1 aromatic heterocycles. The van der Waals surface area contributed by atoms with E-state index < -0.39 is 0 Å². The maximum Gasteiger partial charge on any atom is 0.191 e. The lowest BCUT2D eigenvalue weighted by molar-refractivity contribution is 0.196. The van der Waals surface area contributed by atoms with Crippen LogP contribution in [0.1, 0.15) is 19.8 Å². The molecular weight excluding hydrogens is 260 g/mol. The molecule has 6 heteroatoms. The van der Waals surface area contributed by atoms with Gasteiger partial charge in [-0.1, -0.05) is 18.7 Å². The van der Waals surface area contributed by atoms with Crippen LogP contribution < -0.4 is 10.2 Å². The van der Waals surface area contributed by atoms with Crippen LogP contribution in [0, 0.1) is 0 Å². The number of methoxy groups -OCH3 is 1. The molecule has 5 nitrogen and oxygen atoms in total. The molecule has 0 aliphatic carbocycles. The van der Waals surface area contributed by atoms with Gasteiger partial charge in [-0.2, -0.15) is 0 Å². The number of ether oxygens (including phenoxy) is 1. The number of nitrogens with one attached hydrogen (secondary N) is 1. The van der Waals surface area contributed by atoms with Crippen LogP contribution >= 0.6 is 11.8 Å². The Bertz CT molecular complexity index is 376. The first-order chi connectivity index (χ1) is 9.21. The van der Waals surface area contributed by atoms with Gasteiger partial charge in [-0.15, -0.1) is 0 Å². The third-order valence-electron chi connectivity index (χ3n) is 2.66. The summed E-state index contributed by atoms with van der Waals surface area (Å²) in [5, 5.41) is 4.12. The second-order valence-electron chi connectivity index (χ2n) is 4.29. The highest BCUT2D eigenvalue weighted by molar-refractivity contribution is 7.98. The van der Waals surface area contributed by atoms with E-state index >= 15 is 0 Å². The molecule has 0 aliphatic rings. The molecule has 1 rings (SSSR count). The van der Waals surface area contributed by atoms with Crippen molar-refractivity contribution in [1.82, 2.24) is 9.97 Å². The molecule has 108 valence electrons. The number of aromatic nitrogens is 2. The van der Waals surface area contributed by atoms with Crippen molar-refractivity contribution in [3.8, 4) is 0 Å². The molecule has 0 bridgehead atoms. The van der Waals surface area contributed by atoms with Gasteiger partial charge in [0, 0.05) is 39.9 Å². The number of hydrogen-bond donors (Lipinski definition) is 1. The lowest BCUT2D eigenvalue weighted by atomic mass is 10.4. The van der Waals surface area contributed by atoms with Crippen LogP contribution in [0.15, 0.2) is 11.2 Å². The smallest absolute Gasteiger partial charge is 0.191 e. The third kappa shape index (κ3) is 5.65. The summed E-state index contributed by atoms with van der Waals surface area (Å²) in [5.74, 6) is 1.85. The number of nitrogens with zero attached hydrogens (tertiary/aromatic N) is 3. The van der Waals surface area contributed by atoms with Gasteiger partial charge in [0.1, 0.15) is 11.6 Å². The van der Waals surface area contributed by atoms with Crippen molar-refractivity contribution >= 4 is 23.4 Å². The summed E-state index contributed by atoms with van der Waals surface area (Å²) >= 11 is 1.56. The molecule has 1 heterocycles. The lowest BCUT2D eigenvalue weighted by Crippen LogP contribution is -2.21. The average molecular weight is 284 g/mol. The second-order valence-corrected chi connectivity index (χ2v) is 5.07. The number of thioether (sulfide) groups is 1. The molecule has 0 aromatic carbocycles. The van der Waals surface area contributed by atoms with Crippen LogP contribution in [-0.4, -0.2) is 50.1 Å². The molecule has 0 amide bonds. The van der Waals surface area contributed by atoms with Crippen molar-refractivity contribution < 1.29 is 4.74 Å². The Hall–Kier alpha value is -1.01.